The first-order chi connectivity index (χ1) is 10.1. The average molecular weight is 290 g/mol. The van der Waals surface area contributed by atoms with Gasteiger partial charge < -0.3 is 19.1 Å². The molecule has 0 amide bonds. The Bertz CT molecular complexity index is 632. The number of phenols is 1. The van der Waals surface area contributed by atoms with Gasteiger partial charge in [-0.05, 0) is 24.6 Å². The first-order valence-electron chi connectivity index (χ1n) is 6.92. The van der Waals surface area contributed by atoms with Crippen molar-refractivity contribution in [3.8, 4) is 17.2 Å². The molecule has 1 fully saturated rings. The van der Waals surface area contributed by atoms with Gasteiger partial charge in [-0.1, -0.05) is 11.2 Å². The van der Waals surface area contributed by atoms with Gasteiger partial charge in [0, 0.05) is 33.2 Å². The molecule has 1 N–H and O–H groups in total. The third kappa shape index (κ3) is 2.52. The lowest BCUT2D eigenvalue weighted by Gasteiger charge is -2.32. The molecule has 0 atom stereocenters. The van der Waals surface area contributed by atoms with Gasteiger partial charge >= 0.3 is 0 Å². The molecule has 1 aliphatic heterocycles. The summed E-state index contributed by atoms with van der Waals surface area (Å²) >= 11 is 0. The minimum absolute atomic E-state index is 0.128. The molecular weight excluding hydrogens is 272 g/mol. The molecule has 1 saturated heterocycles. The number of aryl methyl sites for hydroxylation is 1. The monoisotopic (exact) mass is 290 g/mol. The van der Waals surface area contributed by atoms with E-state index in [-0.39, 0.29) is 5.75 Å². The fourth-order valence-corrected chi connectivity index (χ4v) is 2.56. The zero-order chi connectivity index (χ0) is 14.9. The van der Waals surface area contributed by atoms with Crippen LogP contribution in [0.1, 0.15) is 24.2 Å². The third-order valence-electron chi connectivity index (χ3n) is 3.91. The summed E-state index contributed by atoms with van der Waals surface area (Å²) in [6.07, 6.45) is 1.37. The zero-order valence-corrected chi connectivity index (χ0v) is 12.1. The largest absolute Gasteiger partial charge is 0.507 e. The van der Waals surface area contributed by atoms with E-state index >= 15 is 0 Å². The zero-order valence-electron chi connectivity index (χ0n) is 12.1. The second kappa shape index (κ2) is 5.46. The maximum absolute atomic E-state index is 10.0. The molecule has 0 unspecified atom stereocenters. The Morgan fingerprint density at radius 3 is 2.71 bits per heavy atom. The molecule has 2 aromatic rings. The summed E-state index contributed by atoms with van der Waals surface area (Å²) in [7, 11) is 1.64. The number of hydrogen-bond acceptors (Lipinski definition) is 6. The smallest absolute Gasteiger partial charge is 0.261 e. The van der Waals surface area contributed by atoms with E-state index in [0.717, 1.165) is 5.56 Å². The maximum atomic E-state index is 10.0. The van der Waals surface area contributed by atoms with Crippen molar-refractivity contribution in [2.24, 2.45) is 0 Å². The summed E-state index contributed by atoms with van der Waals surface area (Å²) in [6.45, 7) is 3.12. The van der Waals surface area contributed by atoms with Crippen LogP contribution in [0.3, 0.4) is 0 Å². The van der Waals surface area contributed by atoms with Crippen molar-refractivity contribution in [1.82, 2.24) is 10.1 Å². The number of ether oxygens (including phenoxy) is 2. The molecular formula is C15H18N2O4. The molecule has 0 spiro atoms. The molecule has 0 saturated carbocycles. The van der Waals surface area contributed by atoms with Crippen molar-refractivity contribution >= 4 is 0 Å². The van der Waals surface area contributed by atoms with E-state index in [1.54, 1.807) is 19.2 Å². The number of aromatic hydroxyl groups is 1. The van der Waals surface area contributed by atoms with E-state index in [4.69, 9.17) is 14.0 Å². The molecule has 6 heteroatoms. The summed E-state index contributed by atoms with van der Waals surface area (Å²) in [5.74, 6) is 0.928. The van der Waals surface area contributed by atoms with Crippen molar-refractivity contribution in [3.63, 3.8) is 0 Å². The molecule has 112 valence electrons. The molecule has 6 nitrogen and oxygen atoms in total. The highest BCUT2D eigenvalue weighted by Gasteiger charge is 2.39. The summed E-state index contributed by atoms with van der Waals surface area (Å²) in [6, 6.07) is 5.32. The molecule has 1 aromatic heterocycles. The van der Waals surface area contributed by atoms with Crippen LogP contribution in [-0.2, 0) is 15.1 Å². The second-order valence-electron chi connectivity index (χ2n) is 5.25. The summed E-state index contributed by atoms with van der Waals surface area (Å²) in [5, 5.41) is 14.1. The summed E-state index contributed by atoms with van der Waals surface area (Å²) in [5.41, 5.74) is 0.923. The third-order valence-corrected chi connectivity index (χ3v) is 3.91. The Kier molecular flexibility index (Phi) is 3.65. The Morgan fingerprint density at radius 2 is 2.05 bits per heavy atom. The summed E-state index contributed by atoms with van der Waals surface area (Å²) < 4.78 is 16.3. The molecule has 3 rings (SSSR count). The molecule has 21 heavy (non-hydrogen) atoms. The van der Waals surface area contributed by atoms with Crippen LogP contribution in [0.2, 0.25) is 0 Å². The van der Waals surface area contributed by atoms with Gasteiger partial charge in [-0.15, -0.1) is 0 Å². The predicted molar refractivity (Wildman–Crippen MR) is 74.9 cm³/mol. The van der Waals surface area contributed by atoms with E-state index in [2.05, 4.69) is 10.1 Å². The van der Waals surface area contributed by atoms with Crippen molar-refractivity contribution in [1.29, 1.82) is 0 Å². The lowest BCUT2D eigenvalue weighted by atomic mass is 9.93. The number of rotatable bonds is 3. The number of aromatic nitrogens is 2. The van der Waals surface area contributed by atoms with Gasteiger partial charge in [-0.3, -0.25) is 0 Å². The topological polar surface area (TPSA) is 77.6 Å². The van der Waals surface area contributed by atoms with E-state index in [9.17, 15) is 5.11 Å². The van der Waals surface area contributed by atoms with Gasteiger partial charge in [0.2, 0.25) is 5.82 Å². The quantitative estimate of drug-likeness (QED) is 0.935. The first kappa shape index (κ1) is 14.0. The highest BCUT2D eigenvalue weighted by Crippen LogP contribution is 2.36. The fraction of sp³-hybridized carbons (Fsp3) is 0.467. The normalized spacial score (nSPS) is 17.8. The molecule has 2 heterocycles. The van der Waals surface area contributed by atoms with E-state index in [1.165, 1.54) is 0 Å². The van der Waals surface area contributed by atoms with E-state index < -0.39 is 5.60 Å². The van der Waals surface area contributed by atoms with Crippen LogP contribution in [0.25, 0.3) is 11.5 Å². The highest BCUT2D eigenvalue weighted by molar-refractivity contribution is 5.62. The lowest BCUT2D eigenvalue weighted by molar-refractivity contribution is -0.101. The van der Waals surface area contributed by atoms with Crippen LogP contribution < -0.4 is 0 Å². The fourth-order valence-electron chi connectivity index (χ4n) is 2.56. The minimum Gasteiger partial charge on any atom is -0.507 e. The Hall–Kier alpha value is -1.92. The first-order valence-corrected chi connectivity index (χ1v) is 6.92. The predicted octanol–water partition coefficient (Wildman–Crippen LogP) is 2.40. The van der Waals surface area contributed by atoms with Gasteiger partial charge in [0.15, 0.2) is 0 Å². The van der Waals surface area contributed by atoms with Crippen LogP contribution in [0.4, 0.5) is 0 Å². The molecule has 0 radical (unpaired) electrons. The van der Waals surface area contributed by atoms with Crippen molar-refractivity contribution in [3.05, 3.63) is 29.6 Å². The van der Waals surface area contributed by atoms with Crippen LogP contribution in [-0.4, -0.2) is 35.6 Å². The van der Waals surface area contributed by atoms with Gasteiger partial charge in [0.1, 0.15) is 11.4 Å². The summed E-state index contributed by atoms with van der Waals surface area (Å²) in [4.78, 5) is 4.42. The van der Waals surface area contributed by atoms with Gasteiger partial charge in [-0.25, -0.2) is 0 Å². The minimum atomic E-state index is -0.569. The van der Waals surface area contributed by atoms with Crippen molar-refractivity contribution in [2.75, 3.05) is 20.3 Å². The van der Waals surface area contributed by atoms with Crippen LogP contribution >= 0.6 is 0 Å². The second-order valence-corrected chi connectivity index (χ2v) is 5.25. The maximum Gasteiger partial charge on any atom is 0.261 e. The average Bonchev–Trinajstić information content (AvgIpc) is 2.98. The molecule has 0 aliphatic carbocycles. The molecule has 1 aliphatic rings. The molecule has 1 aromatic carbocycles. The Morgan fingerprint density at radius 1 is 1.29 bits per heavy atom. The van der Waals surface area contributed by atoms with Crippen LogP contribution in [0.5, 0.6) is 5.75 Å². The number of phenolic OH excluding ortho intramolecular Hbond substituents is 1. The number of nitrogens with zero attached hydrogens (tertiary/aromatic N) is 2. The number of benzene rings is 1. The number of methoxy groups -OCH3 is 1. The van der Waals surface area contributed by atoms with Crippen molar-refractivity contribution < 1.29 is 19.1 Å². The standard InChI is InChI=1S/C15H18N2O4/c1-10-3-4-11(12(18)9-10)13-16-14(17-21-13)15(19-2)5-7-20-8-6-15/h3-4,9,18H,5-8H2,1-2H3. The van der Waals surface area contributed by atoms with Gasteiger partial charge in [-0.2, -0.15) is 4.98 Å². The van der Waals surface area contributed by atoms with Crippen LogP contribution in [0.15, 0.2) is 22.7 Å². The SMILES string of the molecule is COC1(c2noc(-c3ccc(C)cc3O)n2)CCOCC1. The highest BCUT2D eigenvalue weighted by atomic mass is 16.5. The van der Waals surface area contributed by atoms with E-state index in [0.29, 0.717) is 43.3 Å². The number of hydrogen-bond donors (Lipinski definition) is 1. The van der Waals surface area contributed by atoms with Crippen molar-refractivity contribution in [2.45, 2.75) is 25.4 Å². The molecule has 0 bridgehead atoms. The Balaban J connectivity index is 1.95. The Labute approximate surface area is 122 Å². The van der Waals surface area contributed by atoms with Crippen LogP contribution in [0, 0.1) is 6.92 Å². The van der Waals surface area contributed by atoms with Gasteiger partial charge in [0.05, 0.1) is 5.56 Å². The lowest BCUT2D eigenvalue weighted by Crippen LogP contribution is -2.36. The van der Waals surface area contributed by atoms with E-state index in [1.807, 2.05) is 13.0 Å². The van der Waals surface area contributed by atoms with Gasteiger partial charge in [0.25, 0.3) is 5.89 Å².